The first kappa shape index (κ1) is 21.3. The molecule has 0 aliphatic heterocycles. The van der Waals surface area contributed by atoms with E-state index < -0.39 is 5.97 Å². The van der Waals surface area contributed by atoms with E-state index in [0.717, 1.165) is 11.7 Å². The fraction of sp³-hybridized carbons (Fsp3) is 0.0909. The largest absolute Gasteiger partial charge is 0.763 e. The fourth-order valence-electron chi connectivity index (χ4n) is 3.49. The number of fused-ring (bicyclic) bond motifs is 1. The predicted molar refractivity (Wildman–Crippen MR) is 120 cm³/mol. The number of methoxy groups -OCH3 is 1. The summed E-state index contributed by atoms with van der Waals surface area (Å²) in [5.74, 6) is 0.820. The number of aliphatic imine (C=N–C) groups is 1. The molecule has 4 rings (SSSR count). The number of H-pyrrole nitrogens is 1. The number of hydrogen-bond acceptors (Lipinski definition) is 7. The van der Waals surface area contributed by atoms with Gasteiger partial charge in [0.1, 0.15) is 11.4 Å². The van der Waals surface area contributed by atoms with Crippen molar-refractivity contribution < 1.29 is 19.4 Å². The van der Waals surface area contributed by atoms with Crippen molar-refractivity contribution in [2.75, 3.05) is 7.11 Å². The number of aromatic carboxylic acids is 1. The van der Waals surface area contributed by atoms with Gasteiger partial charge in [-0.05, 0) is 42.5 Å². The van der Waals surface area contributed by atoms with Crippen molar-refractivity contribution in [1.82, 2.24) is 25.0 Å². The Kier molecular flexibility index (Phi) is 5.62. The van der Waals surface area contributed by atoms with E-state index in [9.17, 15) is 20.1 Å². The number of hydrogen-bond donors (Lipinski definition) is 2. The van der Waals surface area contributed by atoms with Gasteiger partial charge >= 0.3 is 5.97 Å². The molecule has 33 heavy (non-hydrogen) atoms. The third-order valence-corrected chi connectivity index (χ3v) is 4.98. The van der Waals surface area contributed by atoms with Crippen LogP contribution in [0.1, 0.15) is 37.8 Å². The van der Waals surface area contributed by atoms with Gasteiger partial charge in [-0.1, -0.05) is 6.07 Å². The summed E-state index contributed by atoms with van der Waals surface area (Å²) in [5.41, 5.74) is 1.75. The van der Waals surface area contributed by atoms with Crippen molar-refractivity contribution in [3.05, 3.63) is 76.2 Å². The second-order valence-corrected chi connectivity index (χ2v) is 6.85. The molecule has 2 N–H and O–H groups in total. The predicted octanol–water partition coefficient (Wildman–Crippen LogP) is 2.72. The Hall–Kier alpha value is -4.89. The summed E-state index contributed by atoms with van der Waals surface area (Å²) in [6.45, 7) is 1.77. The van der Waals surface area contributed by atoms with Crippen LogP contribution < -0.4 is 4.74 Å². The second-order valence-electron chi connectivity index (χ2n) is 6.85. The number of ether oxygens (including phenoxy) is 1. The molecule has 0 aliphatic carbocycles. The number of benzene rings is 1. The van der Waals surface area contributed by atoms with Crippen LogP contribution in [-0.2, 0) is 0 Å². The number of tetrazole rings is 1. The van der Waals surface area contributed by atoms with Gasteiger partial charge < -0.3 is 19.7 Å². The zero-order valence-corrected chi connectivity index (χ0v) is 17.5. The Morgan fingerprint density at radius 1 is 1.30 bits per heavy atom. The number of allylic oxidation sites excluding steroid dienone is 1. The maximum Gasteiger partial charge on any atom is 0.337 e. The number of carboxylic acids is 1. The molecule has 164 valence electrons. The zero-order chi connectivity index (χ0) is 23.5. The molecule has 0 unspecified atom stereocenters. The molecule has 0 saturated heterocycles. The molecule has 3 aromatic heterocycles. The summed E-state index contributed by atoms with van der Waals surface area (Å²) in [6.07, 6.45) is 2.88. The first-order valence-electron chi connectivity index (χ1n) is 9.56. The number of aromatic nitrogens is 5. The summed E-state index contributed by atoms with van der Waals surface area (Å²) in [5, 5.41) is 32.0. The quantitative estimate of drug-likeness (QED) is 0.329. The van der Waals surface area contributed by atoms with E-state index in [1.165, 1.54) is 25.3 Å². The zero-order valence-electron chi connectivity index (χ0n) is 17.5. The van der Waals surface area contributed by atoms with Gasteiger partial charge in [0.05, 0.1) is 29.5 Å². The standard InChI is InChI=1S/C22H16N7O4/c1-12-18(29-8-4-3-5-17(29)20(12)33-2)19(30)13-6-7-16(15(9-13)22(31)32)24-11-14(10-23)21-25-27-28-26-21/h3-9,11H,1-2H3,(H,31,32)(H,25,26,27,28)/q-1. The van der Waals surface area contributed by atoms with Gasteiger partial charge in [-0.3, -0.25) is 15.7 Å². The minimum atomic E-state index is -1.27. The van der Waals surface area contributed by atoms with Crippen molar-refractivity contribution in [2.24, 2.45) is 4.99 Å². The highest BCUT2D eigenvalue weighted by Gasteiger charge is 2.23. The average molecular weight is 442 g/mol. The van der Waals surface area contributed by atoms with Crippen LogP contribution in [0.4, 0.5) is 5.69 Å². The van der Waals surface area contributed by atoms with E-state index in [4.69, 9.17) is 4.74 Å². The van der Waals surface area contributed by atoms with Crippen molar-refractivity contribution in [3.63, 3.8) is 0 Å². The number of rotatable bonds is 7. The van der Waals surface area contributed by atoms with Gasteiger partial charge in [-0.15, -0.1) is 10.2 Å². The highest BCUT2D eigenvalue weighted by molar-refractivity contribution is 6.20. The second kappa shape index (κ2) is 8.69. The first-order valence-corrected chi connectivity index (χ1v) is 9.56. The summed E-state index contributed by atoms with van der Waals surface area (Å²) in [7, 11) is 1.53. The molecule has 0 aliphatic rings. The Labute approximate surface area is 186 Å². The summed E-state index contributed by atoms with van der Waals surface area (Å²) in [6, 6.07) is 9.59. The average Bonchev–Trinajstić information content (AvgIpc) is 3.45. The highest BCUT2D eigenvalue weighted by Crippen LogP contribution is 2.32. The third-order valence-electron chi connectivity index (χ3n) is 4.98. The molecule has 11 nitrogen and oxygen atoms in total. The molecule has 0 spiro atoms. The van der Waals surface area contributed by atoms with Gasteiger partial charge in [-0.2, -0.15) is 5.21 Å². The number of nitrogens with zero attached hydrogens (tertiary/aromatic N) is 6. The maximum absolute atomic E-state index is 13.4. The topological polar surface area (TPSA) is 157 Å². The van der Waals surface area contributed by atoms with Gasteiger partial charge in [0.15, 0.2) is 0 Å². The van der Waals surface area contributed by atoms with Crippen molar-refractivity contribution in [2.45, 2.75) is 6.92 Å². The van der Waals surface area contributed by atoms with E-state index in [-0.39, 0.29) is 34.0 Å². The van der Waals surface area contributed by atoms with Crippen LogP contribution >= 0.6 is 0 Å². The van der Waals surface area contributed by atoms with Crippen molar-refractivity contribution >= 4 is 40.6 Å². The van der Waals surface area contributed by atoms with Crippen molar-refractivity contribution in [1.29, 1.82) is 0 Å². The number of carbonyl (C=O) groups excluding carboxylic acids is 1. The lowest BCUT2D eigenvalue weighted by molar-refractivity contribution is 0.0698. The Morgan fingerprint density at radius 3 is 2.79 bits per heavy atom. The number of ketones is 1. The normalized spacial score (nSPS) is 11.0. The van der Waals surface area contributed by atoms with E-state index in [1.54, 1.807) is 23.6 Å². The van der Waals surface area contributed by atoms with Crippen LogP contribution in [0.3, 0.4) is 0 Å². The molecule has 11 heteroatoms. The lowest BCUT2D eigenvalue weighted by Crippen LogP contribution is -2.08. The van der Waals surface area contributed by atoms with Crippen LogP contribution in [0, 0.1) is 6.92 Å². The maximum atomic E-state index is 13.4. The Balaban J connectivity index is 1.76. The van der Waals surface area contributed by atoms with E-state index in [0.29, 0.717) is 17.0 Å². The monoisotopic (exact) mass is 442 g/mol. The number of nitrogens with one attached hydrogen (secondary N) is 1. The van der Waals surface area contributed by atoms with E-state index in [2.05, 4.69) is 25.6 Å². The highest BCUT2D eigenvalue weighted by atomic mass is 16.5. The number of aromatic amines is 1. The first-order chi connectivity index (χ1) is 16.0. The Bertz CT molecular complexity index is 1460. The van der Waals surface area contributed by atoms with Crippen LogP contribution in [-0.4, -0.2) is 61.1 Å². The van der Waals surface area contributed by atoms with Crippen LogP contribution in [0.25, 0.3) is 16.5 Å². The van der Waals surface area contributed by atoms with Gasteiger partial charge in [-0.25, -0.2) is 4.79 Å². The third kappa shape index (κ3) is 3.80. The van der Waals surface area contributed by atoms with Crippen molar-refractivity contribution in [3.8, 4) is 5.75 Å². The fourth-order valence-corrected chi connectivity index (χ4v) is 3.49. The number of carbonyl (C=O) groups is 2. The molecule has 0 bridgehead atoms. The van der Waals surface area contributed by atoms with Gasteiger partial charge in [0.2, 0.25) is 11.6 Å². The molecule has 1 aromatic carbocycles. The summed E-state index contributed by atoms with van der Waals surface area (Å²) in [4.78, 5) is 29.4. The molecule has 0 atom stereocenters. The molecule has 4 aromatic rings. The Morgan fingerprint density at radius 2 is 2.12 bits per heavy atom. The summed E-state index contributed by atoms with van der Waals surface area (Å²) < 4.78 is 7.18. The minimum Gasteiger partial charge on any atom is -0.763 e. The van der Waals surface area contributed by atoms with Crippen LogP contribution in [0.2, 0.25) is 0 Å². The smallest absolute Gasteiger partial charge is 0.337 e. The summed E-state index contributed by atoms with van der Waals surface area (Å²) >= 11 is 0. The van der Waals surface area contributed by atoms with Crippen LogP contribution in [0.5, 0.6) is 5.75 Å². The number of carboxylic acid groups (broad SMARTS) is 1. The molecule has 0 radical (unpaired) electrons. The van der Waals surface area contributed by atoms with Crippen LogP contribution in [0.15, 0.2) is 47.6 Å². The van der Waals surface area contributed by atoms with Gasteiger partial charge in [0, 0.05) is 23.5 Å². The molecular formula is C22H16N7O4-. The van der Waals surface area contributed by atoms with E-state index >= 15 is 0 Å². The lowest BCUT2D eigenvalue weighted by atomic mass is 10.0. The number of pyridine rings is 1. The molecular weight excluding hydrogens is 426 g/mol. The van der Waals surface area contributed by atoms with Gasteiger partial charge in [0.25, 0.3) is 0 Å². The molecule has 0 amide bonds. The molecule has 0 fully saturated rings. The van der Waals surface area contributed by atoms with E-state index in [1.807, 2.05) is 18.0 Å². The minimum absolute atomic E-state index is 0.0115. The molecule has 0 saturated carbocycles. The molecule has 3 heterocycles. The lowest BCUT2D eigenvalue weighted by Gasteiger charge is -2.07. The SMILES string of the molecule is COc1c(C)c(C(=O)c2ccc(N=CC(=C=[N-])c3nn[nH]n3)c(C(=O)O)c2)n2ccccc12.